The van der Waals surface area contributed by atoms with Crippen LogP contribution in [0.25, 0.3) is 6.08 Å². The first-order chi connectivity index (χ1) is 5.20. The molecule has 1 atom stereocenters. The first kappa shape index (κ1) is 8.50. The number of aliphatic hydroxyl groups is 1. The molecular weight excluding hydrogens is 156 g/mol. The fraction of sp³-hybridized carbons (Fsp3) is 0.333. The molecule has 0 saturated carbocycles. The lowest BCUT2D eigenvalue weighted by Crippen LogP contribution is -1.90. The SMILES string of the molecule is Cc1sccc1/C=C/C(C)O. The highest BCUT2D eigenvalue weighted by Crippen LogP contribution is 2.16. The maximum Gasteiger partial charge on any atom is 0.0696 e. The van der Waals surface area contributed by atoms with Crippen molar-refractivity contribution in [3.05, 3.63) is 28.0 Å². The Hall–Kier alpha value is -0.600. The summed E-state index contributed by atoms with van der Waals surface area (Å²) < 4.78 is 0. The molecule has 0 saturated heterocycles. The topological polar surface area (TPSA) is 20.2 Å². The minimum atomic E-state index is -0.353. The van der Waals surface area contributed by atoms with Crippen LogP contribution in [0.15, 0.2) is 17.5 Å². The van der Waals surface area contributed by atoms with Crippen molar-refractivity contribution in [3.63, 3.8) is 0 Å². The zero-order valence-corrected chi connectivity index (χ0v) is 7.56. The van der Waals surface area contributed by atoms with E-state index in [4.69, 9.17) is 5.11 Å². The maximum atomic E-state index is 8.96. The van der Waals surface area contributed by atoms with Crippen LogP contribution in [-0.4, -0.2) is 11.2 Å². The fourth-order valence-electron chi connectivity index (χ4n) is 0.811. The predicted molar refractivity (Wildman–Crippen MR) is 49.8 cm³/mol. The van der Waals surface area contributed by atoms with Gasteiger partial charge in [-0.05, 0) is 30.9 Å². The van der Waals surface area contributed by atoms with Gasteiger partial charge in [0.2, 0.25) is 0 Å². The van der Waals surface area contributed by atoms with Gasteiger partial charge in [-0.2, -0.15) is 0 Å². The number of aryl methyl sites for hydroxylation is 1. The monoisotopic (exact) mass is 168 g/mol. The second-order valence-corrected chi connectivity index (χ2v) is 3.65. The van der Waals surface area contributed by atoms with Gasteiger partial charge in [-0.1, -0.05) is 12.2 Å². The van der Waals surface area contributed by atoms with E-state index >= 15 is 0 Å². The summed E-state index contributed by atoms with van der Waals surface area (Å²) in [6, 6.07) is 2.05. The van der Waals surface area contributed by atoms with Gasteiger partial charge in [-0.15, -0.1) is 11.3 Å². The molecule has 60 valence electrons. The Morgan fingerprint density at radius 1 is 1.64 bits per heavy atom. The van der Waals surface area contributed by atoms with Crippen molar-refractivity contribution in [1.29, 1.82) is 0 Å². The smallest absolute Gasteiger partial charge is 0.0696 e. The van der Waals surface area contributed by atoms with E-state index in [-0.39, 0.29) is 6.10 Å². The van der Waals surface area contributed by atoms with E-state index in [0.29, 0.717) is 0 Å². The lowest BCUT2D eigenvalue weighted by atomic mass is 10.2. The second kappa shape index (κ2) is 3.69. The van der Waals surface area contributed by atoms with Gasteiger partial charge in [0, 0.05) is 4.88 Å². The van der Waals surface area contributed by atoms with Gasteiger partial charge in [0.15, 0.2) is 0 Å². The third-order valence-electron chi connectivity index (χ3n) is 1.45. The molecule has 0 bridgehead atoms. The lowest BCUT2D eigenvalue weighted by Gasteiger charge is -1.93. The fourth-order valence-corrected chi connectivity index (χ4v) is 1.50. The van der Waals surface area contributed by atoms with Crippen molar-refractivity contribution in [2.24, 2.45) is 0 Å². The maximum absolute atomic E-state index is 8.96. The summed E-state index contributed by atoms with van der Waals surface area (Å²) in [7, 11) is 0. The van der Waals surface area contributed by atoms with Crippen molar-refractivity contribution in [2.75, 3.05) is 0 Å². The second-order valence-electron chi connectivity index (χ2n) is 2.53. The Morgan fingerprint density at radius 2 is 2.36 bits per heavy atom. The van der Waals surface area contributed by atoms with Crippen LogP contribution in [0.2, 0.25) is 0 Å². The van der Waals surface area contributed by atoms with E-state index in [9.17, 15) is 0 Å². The zero-order valence-electron chi connectivity index (χ0n) is 6.74. The number of hydrogen-bond acceptors (Lipinski definition) is 2. The third kappa shape index (κ3) is 2.48. The first-order valence-corrected chi connectivity index (χ1v) is 4.48. The molecule has 0 aliphatic heterocycles. The highest BCUT2D eigenvalue weighted by Gasteiger charge is 1.93. The minimum absolute atomic E-state index is 0.353. The van der Waals surface area contributed by atoms with Crippen molar-refractivity contribution in [3.8, 4) is 0 Å². The van der Waals surface area contributed by atoms with Crippen LogP contribution in [0.1, 0.15) is 17.4 Å². The number of rotatable bonds is 2. The molecule has 0 aliphatic rings. The van der Waals surface area contributed by atoms with Crippen LogP contribution in [0, 0.1) is 6.92 Å². The molecule has 1 heterocycles. The molecule has 0 amide bonds. The molecule has 0 aliphatic carbocycles. The van der Waals surface area contributed by atoms with Gasteiger partial charge in [0.1, 0.15) is 0 Å². The van der Waals surface area contributed by atoms with Crippen LogP contribution in [-0.2, 0) is 0 Å². The molecule has 1 aromatic heterocycles. The Kier molecular flexibility index (Phi) is 2.85. The molecule has 11 heavy (non-hydrogen) atoms. The molecule has 0 radical (unpaired) electrons. The van der Waals surface area contributed by atoms with E-state index < -0.39 is 0 Å². The van der Waals surface area contributed by atoms with Crippen LogP contribution in [0.5, 0.6) is 0 Å². The highest BCUT2D eigenvalue weighted by atomic mass is 32.1. The van der Waals surface area contributed by atoms with Gasteiger partial charge in [-0.25, -0.2) is 0 Å². The van der Waals surface area contributed by atoms with Crippen molar-refractivity contribution in [1.82, 2.24) is 0 Å². The summed E-state index contributed by atoms with van der Waals surface area (Å²) in [6.07, 6.45) is 3.39. The summed E-state index contributed by atoms with van der Waals surface area (Å²) >= 11 is 1.72. The van der Waals surface area contributed by atoms with Crippen LogP contribution >= 0.6 is 11.3 Å². The van der Waals surface area contributed by atoms with Crippen molar-refractivity contribution in [2.45, 2.75) is 20.0 Å². The summed E-state index contributed by atoms with van der Waals surface area (Å²) in [5.74, 6) is 0. The summed E-state index contributed by atoms with van der Waals surface area (Å²) in [6.45, 7) is 3.82. The molecule has 0 fully saturated rings. The van der Waals surface area contributed by atoms with Gasteiger partial charge >= 0.3 is 0 Å². The van der Waals surface area contributed by atoms with Crippen molar-refractivity contribution >= 4 is 17.4 Å². The number of hydrogen-bond donors (Lipinski definition) is 1. The molecule has 1 aromatic rings. The van der Waals surface area contributed by atoms with Gasteiger partial charge < -0.3 is 5.11 Å². The molecule has 1 N–H and O–H groups in total. The summed E-state index contributed by atoms with van der Waals surface area (Å²) in [5, 5.41) is 11.0. The summed E-state index contributed by atoms with van der Waals surface area (Å²) in [4.78, 5) is 1.29. The van der Waals surface area contributed by atoms with E-state index in [1.54, 1.807) is 24.3 Å². The Bertz CT molecular complexity index is 248. The van der Waals surface area contributed by atoms with Crippen LogP contribution in [0.4, 0.5) is 0 Å². The predicted octanol–water partition coefficient (Wildman–Crippen LogP) is 2.45. The number of aliphatic hydroxyl groups excluding tert-OH is 1. The average Bonchev–Trinajstić information content (AvgIpc) is 2.31. The highest BCUT2D eigenvalue weighted by molar-refractivity contribution is 7.10. The van der Waals surface area contributed by atoms with E-state index in [2.05, 4.69) is 18.4 Å². The Morgan fingerprint density at radius 3 is 2.82 bits per heavy atom. The standard InChI is InChI=1S/C9H12OS/c1-7(10)3-4-9-5-6-11-8(9)2/h3-7,10H,1-2H3/b4-3+. The first-order valence-electron chi connectivity index (χ1n) is 3.60. The van der Waals surface area contributed by atoms with Gasteiger partial charge in [0.05, 0.1) is 6.10 Å². The number of thiophene rings is 1. The molecule has 0 aromatic carbocycles. The zero-order chi connectivity index (χ0) is 8.27. The van der Waals surface area contributed by atoms with Crippen molar-refractivity contribution < 1.29 is 5.11 Å². The van der Waals surface area contributed by atoms with Crippen LogP contribution in [0.3, 0.4) is 0 Å². The molecule has 1 rings (SSSR count). The summed E-state index contributed by atoms with van der Waals surface area (Å²) in [5.41, 5.74) is 1.20. The molecule has 2 heteroatoms. The molecule has 1 nitrogen and oxygen atoms in total. The van der Waals surface area contributed by atoms with E-state index in [0.717, 1.165) is 0 Å². The Labute approximate surface area is 71.0 Å². The van der Waals surface area contributed by atoms with Gasteiger partial charge in [-0.3, -0.25) is 0 Å². The van der Waals surface area contributed by atoms with E-state index in [1.165, 1.54) is 10.4 Å². The van der Waals surface area contributed by atoms with E-state index in [1.807, 2.05) is 6.08 Å². The Balaban J connectivity index is 2.71. The largest absolute Gasteiger partial charge is 0.389 e. The third-order valence-corrected chi connectivity index (χ3v) is 2.31. The molecule has 0 spiro atoms. The average molecular weight is 168 g/mol. The van der Waals surface area contributed by atoms with Gasteiger partial charge in [0.25, 0.3) is 0 Å². The molecular formula is C9H12OS. The normalized spacial score (nSPS) is 14.1. The minimum Gasteiger partial charge on any atom is -0.389 e. The lowest BCUT2D eigenvalue weighted by molar-refractivity contribution is 0.245. The molecule has 1 unspecified atom stereocenters. The quantitative estimate of drug-likeness (QED) is 0.719. The van der Waals surface area contributed by atoms with Crippen LogP contribution < -0.4 is 0 Å².